The summed E-state index contributed by atoms with van der Waals surface area (Å²) in [6.45, 7) is 8.49. The summed E-state index contributed by atoms with van der Waals surface area (Å²) in [4.78, 5) is 0. The number of nitrogens with zero attached hydrogens (tertiary/aromatic N) is 2. The Hall–Kier alpha value is -1.61. The van der Waals surface area contributed by atoms with Gasteiger partial charge in [-0.2, -0.15) is 5.10 Å². The molecule has 1 aromatic heterocycles. The van der Waals surface area contributed by atoms with Gasteiger partial charge in [0.05, 0.1) is 11.4 Å². The number of benzene rings is 1. The number of rotatable bonds is 6. The molecule has 3 heteroatoms. The second-order valence-corrected chi connectivity index (χ2v) is 5.19. The largest absolute Gasteiger partial charge is 0.313 e. The van der Waals surface area contributed by atoms with Gasteiger partial charge in [-0.05, 0) is 42.6 Å². The summed E-state index contributed by atoms with van der Waals surface area (Å²) in [5.74, 6) is 0.468. The summed E-state index contributed by atoms with van der Waals surface area (Å²) in [5.41, 5.74) is 3.56. The minimum Gasteiger partial charge on any atom is -0.313 e. The van der Waals surface area contributed by atoms with E-state index in [1.54, 1.807) is 0 Å². The molecule has 0 aliphatic heterocycles. The fourth-order valence-electron chi connectivity index (χ4n) is 2.01. The molecule has 0 aliphatic rings. The summed E-state index contributed by atoms with van der Waals surface area (Å²) in [7, 11) is 0. The molecule has 0 unspecified atom stereocenters. The van der Waals surface area contributed by atoms with Crippen LogP contribution in [0.2, 0.25) is 0 Å². The molecule has 0 spiro atoms. The van der Waals surface area contributed by atoms with Gasteiger partial charge in [0.25, 0.3) is 0 Å². The maximum atomic E-state index is 4.61. The molecule has 0 bridgehead atoms. The monoisotopic (exact) mass is 257 g/mol. The lowest BCUT2D eigenvalue weighted by Gasteiger charge is -2.07. The Kier molecular flexibility index (Phi) is 4.74. The molecule has 0 saturated carbocycles. The van der Waals surface area contributed by atoms with Crippen LogP contribution in [0.1, 0.15) is 44.4 Å². The highest BCUT2D eigenvalue weighted by Gasteiger charge is 2.05. The Morgan fingerprint density at radius 3 is 2.79 bits per heavy atom. The van der Waals surface area contributed by atoms with Crippen LogP contribution in [0.3, 0.4) is 0 Å². The van der Waals surface area contributed by atoms with Crippen LogP contribution in [-0.2, 0) is 6.54 Å². The highest BCUT2D eigenvalue weighted by atomic mass is 15.3. The van der Waals surface area contributed by atoms with E-state index < -0.39 is 0 Å². The first-order valence-corrected chi connectivity index (χ1v) is 7.06. The van der Waals surface area contributed by atoms with Gasteiger partial charge in [-0.15, -0.1) is 0 Å². The molecule has 1 heterocycles. The second-order valence-electron chi connectivity index (χ2n) is 5.19. The summed E-state index contributed by atoms with van der Waals surface area (Å²) < 4.78 is 1.96. The normalized spacial score (nSPS) is 11.2. The van der Waals surface area contributed by atoms with Crippen molar-refractivity contribution >= 4 is 0 Å². The zero-order chi connectivity index (χ0) is 13.7. The Morgan fingerprint density at radius 2 is 2.11 bits per heavy atom. The van der Waals surface area contributed by atoms with Gasteiger partial charge in [-0.3, -0.25) is 0 Å². The van der Waals surface area contributed by atoms with E-state index >= 15 is 0 Å². The summed E-state index contributed by atoms with van der Waals surface area (Å²) >= 11 is 0. The SMILES string of the molecule is CCCNCc1cccc(-n2ccc(C(C)C)n2)c1. The van der Waals surface area contributed by atoms with Crippen molar-refractivity contribution in [1.82, 2.24) is 15.1 Å². The first-order valence-electron chi connectivity index (χ1n) is 7.06. The van der Waals surface area contributed by atoms with Crippen LogP contribution in [0.5, 0.6) is 0 Å². The van der Waals surface area contributed by atoms with Crippen molar-refractivity contribution in [2.45, 2.75) is 39.7 Å². The molecule has 0 atom stereocenters. The molecule has 2 aromatic rings. The summed E-state index contributed by atoms with van der Waals surface area (Å²) in [6, 6.07) is 10.6. The van der Waals surface area contributed by atoms with Crippen molar-refractivity contribution in [2.75, 3.05) is 6.54 Å². The van der Waals surface area contributed by atoms with Gasteiger partial charge in [0.2, 0.25) is 0 Å². The maximum absolute atomic E-state index is 4.61. The molecule has 0 amide bonds. The van der Waals surface area contributed by atoms with Gasteiger partial charge < -0.3 is 5.32 Å². The van der Waals surface area contributed by atoms with E-state index in [1.807, 2.05) is 10.9 Å². The van der Waals surface area contributed by atoms with Gasteiger partial charge in [-0.1, -0.05) is 32.9 Å². The maximum Gasteiger partial charge on any atom is 0.0654 e. The Balaban J connectivity index is 2.12. The lowest BCUT2D eigenvalue weighted by atomic mass is 10.1. The Morgan fingerprint density at radius 1 is 1.26 bits per heavy atom. The van der Waals surface area contributed by atoms with E-state index in [-0.39, 0.29) is 0 Å². The van der Waals surface area contributed by atoms with Gasteiger partial charge in [0.15, 0.2) is 0 Å². The average molecular weight is 257 g/mol. The molecular formula is C16H23N3. The summed E-state index contributed by atoms with van der Waals surface area (Å²) in [6.07, 6.45) is 3.20. The first-order chi connectivity index (χ1) is 9.20. The second kappa shape index (κ2) is 6.53. The highest BCUT2D eigenvalue weighted by Crippen LogP contribution is 2.15. The van der Waals surface area contributed by atoms with E-state index in [1.165, 1.54) is 5.56 Å². The molecule has 2 rings (SSSR count). The van der Waals surface area contributed by atoms with Crippen LogP contribution < -0.4 is 5.32 Å². The zero-order valence-corrected chi connectivity index (χ0v) is 12.1. The molecule has 0 aliphatic carbocycles. The van der Waals surface area contributed by atoms with Gasteiger partial charge in [0, 0.05) is 12.7 Å². The lowest BCUT2D eigenvalue weighted by molar-refractivity contribution is 0.674. The third-order valence-electron chi connectivity index (χ3n) is 3.13. The van der Waals surface area contributed by atoms with Crippen molar-refractivity contribution in [2.24, 2.45) is 0 Å². The van der Waals surface area contributed by atoms with Crippen LogP contribution in [0, 0.1) is 0 Å². The van der Waals surface area contributed by atoms with Crippen LogP contribution >= 0.6 is 0 Å². The molecular weight excluding hydrogens is 234 g/mol. The quantitative estimate of drug-likeness (QED) is 0.803. The van der Waals surface area contributed by atoms with E-state index in [0.29, 0.717) is 5.92 Å². The minimum absolute atomic E-state index is 0.468. The predicted octanol–water partition coefficient (Wildman–Crippen LogP) is 3.50. The molecule has 0 radical (unpaired) electrons. The van der Waals surface area contributed by atoms with Crippen molar-refractivity contribution in [3.8, 4) is 5.69 Å². The zero-order valence-electron chi connectivity index (χ0n) is 12.1. The molecule has 0 fully saturated rings. The van der Waals surface area contributed by atoms with Crippen LogP contribution in [0.15, 0.2) is 36.5 Å². The molecule has 1 N–H and O–H groups in total. The van der Waals surface area contributed by atoms with Crippen molar-refractivity contribution in [1.29, 1.82) is 0 Å². The molecule has 102 valence electrons. The van der Waals surface area contributed by atoms with E-state index in [0.717, 1.165) is 30.9 Å². The predicted molar refractivity (Wildman–Crippen MR) is 79.7 cm³/mol. The van der Waals surface area contributed by atoms with Crippen molar-refractivity contribution in [3.63, 3.8) is 0 Å². The van der Waals surface area contributed by atoms with Crippen molar-refractivity contribution in [3.05, 3.63) is 47.8 Å². The fraction of sp³-hybridized carbons (Fsp3) is 0.438. The van der Waals surface area contributed by atoms with Crippen LogP contribution in [0.25, 0.3) is 5.69 Å². The molecule has 3 nitrogen and oxygen atoms in total. The first kappa shape index (κ1) is 13.8. The standard InChI is InChI=1S/C16H23N3/c1-4-9-17-12-14-6-5-7-15(11-14)19-10-8-16(18-19)13(2)3/h5-8,10-11,13,17H,4,9,12H2,1-3H3. The number of hydrogen-bond donors (Lipinski definition) is 1. The topological polar surface area (TPSA) is 29.9 Å². The number of hydrogen-bond acceptors (Lipinski definition) is 2. The molecule has 0 saturated heterocycles. The van der Waals surface area contributed by atoms with Crippen LogP contribution in [-0.4, -0.2) is 16.3 Å². The Labute approximate surface area is 115 Å². The van der Waals surface area contributed by atoms with E-state index in [9.17, 15) is 0 Å². The van der Waals surface area contributed by atoms with E-state index in [4.69, 9.17) is 0 Å². The molecule has 19 heavy (non-hydrogen) atoms. The Bertz CT molecular complexity index is 514. The van der Waals surface area contributed by atoms with Gasteiger partial charge in [0.1, 0.15) is 0 Å². The van der Waals surface area contributed by atoms with Gasteiger partial charge in [-0.25, -0.2) is 4.68 Å². The third-order valence-corrected chi connectivity index (χ3v) is 3.13. The number of aromatic nitrogens is 2. The van der Waals surface area contributed by atoms with E-state index in [2.05, 4.69) is 61.5 Å². The number of nitrogens with one attached hydrogen (secondary N) is 1. The highest BCUT2D eigenvalue weighted by molar-refractivity contribution is 5.35. The van der Waals surface area contributed by atoms with Crippen LogP contribution in [0.4, 0.5) is 0 Å². The fourth-order valence-corrected chi connectivity index (χ4v) is 2.01. The van der Waals surface area contributed by atoms with Gasteiger partial charge >= 0.3 is 0 Å². The molecule has 1 aromatic carbocycles. The average Bonchev–Trinajstić information content (AvgIpc) is 2.89. The van der Waals surface area contributed by atoms with Crippen molar-refractivity contribution < 1.29 is 0 Å². The summed E-state index contributed by atoms with van der Waals surface area (Å²) in [5, 5.41) is 8.04. The third kappa shape index (κ3) is 3.67. The smallest absolute Gasteiger partial charge is 0.0654 e. The lowest BCUT2D eigenvalue weighted by Crippen LogP contribution is -2.13. The minimum atomic E-state index is 0.468.